The number of nitrogens with zero attached hydrogens (tertiary/aromatic N) is 1. The molecule has 2 atom stereocenters. The van der Waals surface area contributed by atoms with Gasteiger partial charge in [-0.15, -0.1) is 0 Å². The van der Waals surface area contributed by atoms with E-state index in [1.165, 1.54) is 0 Å². The van der Waals surface area contributed by atoms with Crippen LogP contribution >= 0.6 is 8.18 Å². The van der Waals surface area contributed by atoms with E-state index in [2.05, 4.69) is 0 Å². The van der Waals surface area contributed by atoms with E-state index in [0.717, 1.165) is 17.5 Å². The topological polar surface area (TPSA) is 101 Å². The Labute approximate surface area is 89.4 Å². The Morgan fingerprint density at radius 1 is 1.53 bits per heavy atom. The Hall–Kier alpha value is -0.550. The zero-order valence-corrected chi connectivity index (χ0v) is 9.52. The van der Waals surface area contributed by atoms with Gasteiger partial charge in [0.05, 0.1) is 6.61 Å². The molecule has 2 N–H and O–H groups in total. The molecule has 7 heteroatoms. The number of rotatable bonds is 8. The SMILES string of the molecule is CCCCCN(C(CO)C(=O)O)[P+](=O)[O-]. The van der Waals surface area contributed by atoms with Gasteiger partial charge in [0.2, 0.25) is 0 Å². The second-order valence-corrected chi connectivity index (χ2v) is 4.13. The highest BCUT2D eigenvalue weighted by Gasteiger charge is 2.33. The van der Waals surface area contributed by atoms with Crippen molar-refractivity contribution in [2.45, 2.75) is 32.2 Å². The van der Waals surface area contributed by atoms with E-state index in [9.17, 15) is 14.3 Å². The van der Waals surface area contributed by atoms with Gasteiger partial charge in [0.25, 0.3) is 0 Å². The smallest absolute Gasteiger partial charge is 0.412 e. The third-order valence-electron chi connectivity index (χ3n) is 2.02. The maximum atomic E-state index is 10.8. The highest BCUT2D eigenvalue weighted by molar-refractivity contribution is 7.33. The van der Waals surface area contributed by atoms with Crippen LogP contribution in [-0.4, -0.2) is 40.0 Å². The van der Waals surface area contributed by atoms with Gasteiger partial charge in [0.1, 0.15) is 0 Å². The van der Waals surface area contributed by atoms with Gasteiger partial charge in [-0.05, 0) is 6.42 Å². The number of aliphatic hydroxyl groups is 1. The minimum absolute atomic E-state index is 0.143. The number of aliphatic hydroxyl groups excluding tert-OH is 1. The van der Waals surface area contributed by atoms with Crippen LogP contribution in [0.4, 0.5) is 0 Å². The molecule has 88 valence electrons. The number of hydrogen-bond donors (Lipinski definition) is 2. The number of aliphatic carboxylic acids is 1. The quantitative estimate of drug-likeness (QED) is 0.453. The van der Waals surface area contributed by atoms with E-state index >= 15 is 0 Å². The van der Waals surface area contributed by atoms with Crippen LogP contribution in [0.1, 0.15) is 26.2 Å². The first-order valence-electron chi connectivity index (χ1n) is 4.79. The fourth-order valence-corrected chi connectivity index (χ4v) is 1.88. The molecule has 0 saturated carbocycles. The lowest BCUT2D eigenvalue weighted by Crippen LogP contribution is -2.41. The summed E-state index contributed by atoms with van der Waals surface area (Å²) in [4.78, 5) is 21.4. The van der Waals surface area contributed by atoms with Crippen molar-refractivity contribution in [3.05, 3.63) is 0 Å². The molecule has 6 nitrogen and oxygen atoms in total. The van der Waals surface area contributed by atoms with E-state index in [0.29, 0.717) is 6.42 Å². The molecule has 0 aromatic heterocycles. The molecule has 0 rings (SSSR count). The van der Waals surface area contributed by atoms with Gasteiger partial charge >= 0.3 is 14.1 Å². The Balaban J connectivity index is 4.35. The maximum Gasteiger partial charge on any atom is 0.412 e. The second kappa shape index (κ2) is 7.70. The summed E-state index contributed by atoms with van der Waals surface area (Å²) in [7, 11) is -2.97. The molecule has 0 bridgehead atoms. The summed E-state index contributed by atoms with van der Waals surface area (Å²) in [5, 5.41) is 17.5. The van der Waals surface area contributed by atoms with Gasteiger partial charge in [0, 0.05) is 6.54 Å². The number of carbonyl (C=O) groups is 1. The zero-order chi connectivity index (χ0) is 11.8. The first-order valence-corrected chi connectivity index (χ1v) is 5.92. The summed E-state index contributed by atoms with van der Waals surface area (Å²) >= 11 is 0. The highest BCUT2D eigenvalue weighted by atomic mass is 31.1. The van der Waals surface area contributed by atoms with Crippen molar-refractivity contribution in [1.82, 2.24) is 4.67 Å². The van der Waals surface area contributed by atoms with E-state index in [1.807, 2.05) is 6.92 Å². The standard InChI is InChI=1S/C8H16NO5P/c1-2-3-4-5-9(15(13)14)7(6-10)8(11)12/h7,10H,2-6H2,1H3,(H,11,12). The van der Waals surface area contributed by atoms with Gasteiger partial charge in [0.15, 0.2) is 6.04 Å². The fourth-order valence-electron chi connectivity index (χ4n) is 1.17. The zero-order valence-electron chi connectivity index (χ0n) is 8.63. The molecule has 0 amide bonds. The van der Waals surface area contributed by atoms with Gasteiger partial charge in [-0.25, -0.2) is 0 Å². The predicted octanol–water partition coefficient (Wildman–Crippen LogP) is -0.0582. The molecule has 0 radical (unpaired) electrons. The highest BCUT2D eigenvalue weighted by Crippen LogP contribution is 2.21. The van der Waals surface area contributed by atoms with E-state index in [-0.39, 0.29) is 6.54 Å². The Kier molecular flexibility index (Phi) is 7.42. The first kappa shape index (κ1) is 14.5. The molecule has 0 aromatic rings. The van der Waals surface area contributed by atoms with Crippen molar-refractivity contribution in [1.29, 1.82) is 0 Å². The summed E-state index contributed by atoms with van der Waals surface area (Å²) in [5.74, 6) is -1.33. The lowest BCUT2D eigenvalue weighted by molar-refractivity contribution is -0.180. The van der Waals surface area contributed by atoms with Crippen LogP contribution in [0.15, 0.2) is 0 Å². The summed E-state index contributed by atoms with van der Waals surface area (Å²) in [6.45, 7) is 1.40. The summed E-state index contributed by atoms with van der Waals surface area (Å²) in [6.07, 6.45) is 2.35. The Morgan fingerprint density at radius 3 is 2.47 bits per heavy atom. The predicted molar refractivity (Wildman–Crippen MR) is 52.3 cm³/mol. The summed E-state index contributed by atoms with van der Waals surface area (Å²) < 4.78 is 11.6. The third-order valence-corrected chi connectivity index (χ3v) is 2.92. The lowest BCUT2D eigenvalue weighted by atomic mass is 10.2. The molecule has 0 heterocycles. The molecule has 0 aliphatic carbocycles. The van der Waals surface area contributed by atoms with Gasteiger partial charge in [-0.3, -0.25) is 4.79 Å². The molecular formula is C8H16NO5P. The third kappa shape index (κ3) is 5.18. The molecule has 0 aliphatic rings. The molecule has 0 aromatic carbocycles. The van der Waals surface area contributed by atoms with Crippen LogP contribution < -0.4 is 4.89 Å². The average molecular weight is 237 g/mol. The lowest BCUT2D eigenvalue weighted by Gasteiger charge is -2.17. The van der Waals surface area contributed by atoms with E-state index in [4.69, 9.17) is 10.2 Å². The van der Waals surface area contributed by atoms with Crippen molar-refractivity contribution in [2.24, 2.45) is 0 Å². The normalized spacial score (nSPS) is 14.0. The van der Waals surface area contributed by atoms with Crippen molar-refractivity contribution in [3.63, 3.8) is 0 Å². The molecule has 15 heavy (non-hydrogen) atoms. The fraction of sp³-hybridized carbons (Fsp3) is 0.875. The van der Waals surface area contributed by atoms with Crippen LogP contribution in [-0.2, 0) is 9.36 Å². The minimum Gasteiger partial charge on any atom is -0.578 e. The monoisotopic (exact) mass is 237 g/mol. The van der Waals surface area contributed by atoms with E-state index < -0.39 is 26.8 Å². The number of hydrogen-bond acceptors (Lipinski definition) is 4. The summed E-state index contributed by atoms with van der Waals surface area (Å²) in [5.41, 5.74) is 0. The Morgan fingerprint density at radius 2 is 2.13 bits per heavy atom. The maximum absolute atomic E-state index is 10.8. The van der Waals surface area contributed by atoms with Crippen LogP contribution in [0.2, 0.25) is 0 Å². The number of carboxylic acid groups (broad SMARTS) is 1. The van der Waals surface area contributed by atoms with Gasteiger partial charge in [-0.2, -0.15) is 0 Å². The van der Waals surface area contributed by atoms with E-state index in [1.54, 1.807) is 0 Å². The number of carboxylic acids is 1. The minimum atomic E-state index is -2.97. The second-order valence-electron chi connectivity index (χ2n) is 3.14. The largest absolute Gasteiger partial charge is 0.578 e. The molecule has 0 aliphatic heterocycles. The van der Waals surface area contributed by atoms with Crippen molar-refractivity contribution >= 4 is 14.1 Å². The van der Waals surface area contributed by atoms with Crippen molar-refractivity contribution in [3.8, 4) is 0 Å². The van der Waals surface area contributed by atoms with Crippen LogP contribution in [0, 0.1) is 0 Å². The molecule has 0 spiro atoms. The average Bonchev–Trinajstić information content (AvgIpc) is 2.16. The van der Waals surface area contributed by atoms with Crippen LogP contribution in [0.5, 0.6) is 0 Å². The van der Waals surface area contributed by atoms with Crippen LogP contribution in [0.25, 0.3) is 0 Å². The molecular weight excluding hydrogens is 221 g/mol. The molecule has 2 unspecified atom stereocenters. The molecule has 0 saturated heterocycles. The Bertz CT molecular complexity index is 223. The van der Waals surface area contributed by atoms with Crippen molar-refractivity contribution in [2.75, 3.05) is 13.2 Å². The summed E-state index contributed by atoms with van der Waals surface area (Å²) in [6, 6.07) is -1.36. The van der Waals surface area contributed by atoms with Gasteiger partial charge in [-0.1, -0.05) is 29.0 Å². The van der Waals surface area contributed by atoms with Gasteiger partial charge < -0.3 is 15.1 Å². The molecule has 0 fully saturated rings. The first-order chi connectivity index (χ1) is 7.04. The van der Waals surface area contributed by atoms with Crippen LogP contribution in [0.3, 0.4) is 0 Å². The number of unbranched alkanes of at least 4 members (excludes halogenated alkanes) is 2. The van der Waals surface area contributed by atoms with Crippen molar-refractivity contribution < 1.29 is 24.5 Å².